The molecule has 0 aliphatic rings. The second kappa shape index (κ2) is 3.87. The van der Waals surface area contributed by atoms with Crippen LogP contribution >= 0.6 is 11.6 Å². The second-order valence-corrected chi connectivity index (χ2v) is 3.10. The maximum Gasteiger partial charge on any atom is 0.145 e. The molecule has 1 aromatic carbocycles. The minimum absolute atomic E-state index is 0.0588. The van der Waals surface area contributed by atoms with Crippen LogP contribution in [0.4, 0.5) is 4.39 Å². The Balaban J connectivity index is 3.09. The minimum atomic E-state index is -0.420. The van der Waals surface area contributed by atoms with Gasteiger partial charge in [-0.3, -0.25) is 0 Å². The molecule has 0 aliphatic carbocycles. The molecule has 1 aromatic rings. The van der Waals surface area contributed by atoms with E-state index in [1.54, 1.807) is 12.1 Å². The van der Waals surface area contributed by atoms with Crippen molar-refractivity contribution >= 4 is 11.6 Å². The molecule has 0 saturated carbocycles. The summed E-state index contributed by atoms with van der Waals surface area (Å²) in [5.41, 5.74) is 1.38. The Morgan fingerprint density at radius 2 is 2.17 bits per heavy atom. The fourth-order valence-corrected chi connectivity index (χ4v) is 1.39. The van der Waals surface area contributed by atoms with Crippen molar-refractivity contribution in [2.75, 3.05) is 6.61 Å². The predicted octanol–water partition coefficient (Wildman–Crippen LogP) is 2.32. The van der Waals surface area contributed by atoms with Gasteiger partial charge in [-0.1, -0.05) is 17.7 Å². The summed E-state index contributed by atoms with van der Waals surface area (Å²) in [6.07, 6.45) is 0.313. The van der Waals surface area contributed by atoms with Crippen LogP contribution in [-0.4, -0.2) is 11.7 Å². The van der Waals surface area contributed by atoms with Crippen molar-refractivity contribution in [3.8, 4) is 0 Å². The van der Waals surface area contributed by atoms with Gasteiger partial charge in [0.05, 0.1) is 5.02 Å². The highest BCUT2D eigenvalue weighted by Crippen LogP contribution is 2.20. The first-order chi connectivity index (χ1) is 5.65. The maximum absolute atomic E-state index is 13.1. The van der Waals surface area contributed by atoms with Gasteiger partial charge in [0, 0.05) is 6.61 Å². The molecule has 66 valence electrons. The highest BCUT2D eigenvalue weighted by Gasteiger charge is 2.06. The van der Waals surface area contributed by atoms with Gasteiger partial charge in [-0.25, -0.2) is 4.39 Å². The Morgan fingerprint density at radius 1 is 1.50 bits per heavy atom. The summed E-state index contributed by atoms with van der Waals surface area (Å²) in [5, 5.41) is 8.74. The molecule has 0 saturated heterocycles. The first kappa shape index (κ1) is 9.49. The van der Waals surface area contributed by atoms with E-state index in [-0.39, 0.29) is 11.6 Å². The van der Waals surface area contributed by atoms with Gasteiger partial charge in [0.15, 0.2) is 0 Å². The molecule has 0 spiro atoms. The molecule has 0 fully saturated rings. The topological polar surface area (TPSA) is 20.2 Å². The van der Waals surface area contributed by atoms with Crippen molar-refractivity contribution in [2.45, 2.75) is 13.3 Å². The van der Waals surface area contributed by atoms with E-state index in [4.69, 9.17) is 16.7 Å². The van der Waals surface area contributed by atoms with E-state index in [0.29, 0.717) is 12.0 Å². The van der Waals surface area contributed by atoms with Crippen LogP contribution in [0.25, 0.3) is 0 Å². The van der Waals surface area contributed by atoms with E-state index < -0.39 is 5.82 Å². The molecular weight excluding hydrogens is 179 g/mol. The molecule has 0 amide bonds. The summed E-state index contributed by atoms with van der Waals surface area (Å²) in [6.45, 7) is 1.78. The summed E-state index contributed by atoms with van der Waals surface area (Å²) >= 11 is 5.60. The molecule has 0 bridgehead atoms. The number of aryl methyl sites for hydroxylation is 1. The lowest BCUT2D eigenvalue weighted by molar-refractivity contribution is 0.297. The van der Waals surface area contributed by atoms with Crippen molar-refractivity contribution in [2.24, 2.45) is 0 Å². The molecule has 12 heavy (non-hydrogen) atoms. The summed E-state index contributed by atoms with van der Waals surface area (Å²) < 4.78 is 13.1. The highest BCUT2D eigenvalue weighted by molar-refractivity contribution is 6.30. The largest absolute Gasteiger partial charge is 0.396 e. The van der Waals surface area contributed by atoms with Crippen molar-refractivity contribution in [3.05, 3.63) is 34.1 Å². The molecule has 1 N–H and O–H groups in total. The zero-order chi connectivity index (χ0) is 9.14. The Kier molecular flexibility index (Phi) is 3.06. The highest BCUT2D eigenvalue weighted by atomic mass is 35.5. The van der Waals surface area contributed by atoms with Crippen molar-refractivity contribution in [3.63, 3.8) is 0 Å². The van der Waals surface area contributed by atoms with Crippen LogP contribution in [0.3, 0.4) is 0 Å². The SMILES string of the molecule is Cc1cc(Cl)c(F)c(CCO)c1. The van der Waals surface area contributed by atoms with E-state index in [1.807, 2.05) is 6.92 Å². The van der Waals surface area contributed by atoms with Crippen LogP contribution in [0.15, 0.2) is 12.1 Å². The van der Waals surface area contributed by atoms with E-state index in [1.165, 1.54) is 0 Å². The number of hydrogen-bond acceptors (Lipinski definition) is 1. The van der Waals surface area contributed by atoms with Crippen LogP contribution in [0.1, 0.15) is 11.1 Å². The molecule has 0 unspecified atom stereocenters. The number of aliphatic hydroxyl groups excluding tert-OH is 1. The first-order valence-corrected chi connectivity index (χ1v) is 4.08. The van der Waals surface area contributed by atoms with Gasteiger partial charge >= 0.3 is 0 Å². The monoisotopic (exact) mass is 188 g/mol. The van der Waals surface area contributed by atoms with Crippen LogP contribution in [0, 0.1) is 12.7 Å². The van der Waals surface area contributed by atoms with Gasteiger partial charge in [0.25, 0.3) is 0 Å². The average Bonchev–Trinajstić information content (AvgIpc) is 2.00. The van der Waals surface area contributed by atoms with E-state index >= 15 is 0 Å². The summed E-state index contributed by atoms with van der Waals surface area (Å²) in [7, 11) is 0. The van der Waals surface area contributed by atoms with Gasteiger partial charge < -0.3 is 5.11 Å². The van der Waals surface area contributed by atoms with Crippen LogP contribution in [0.2, 0.25) is 5.02 Å². The quantitative estimate of drug-likeness (QED) is 0.755. The number of hydrogen-bond donors (Lipinski definition) is 1. The van der Waals surface area contributed by atoms with E-state index in [0.717, 1.165) is 5.56 Å². The van der Waals surface area contributed by atoms with Gasteiger partial charge in [-0.15, -0.1) is 0 Å². The number of aliphatic hydroxyl groups is 1. The van der Waals surface area contributed by atoms with Gasteiger partial charge in [0.2, 0.25) is 0 Å². The molecule has 0 aliphatic heterocycles. The third kappa shape index (κ3) is 1.96. The van der Waals surface area contributed by atoms with E-state index in [2.05, 4.69) is 0 Å². The molecule has 0 radical (unpaired) electrons. The van der Waals surface area contributed by atoms with Gasteiger partial charge in [-0.05, 0) is 30.5 Å². The summed E-state index contributed by atoms with van der Waals surface area (Å²) in [5.74, 6) is -0.420. The Hall–Kier alpha value is -0.600. The zero-order valence-electron chi connectivity index (χ0n) is 6.77. The minimum Gasteiger partial charge on any atom is -0.396 e. The van der Waals surface area contributed by atoms with Crippen molar-refractivity contribution in [1.29, 1.82) is 0 Å². The second-order valence-electron chi connectivity index (χ2n) is 2.69. The average molecular weight is 189 g/mol. The lowest BCUT2D eigenvalue weighted by atomic mass is 10.1. The van der Waals surface area contributed by atoms with Crippen LogP contribution in [0.5, 0.6) is 0 Å². The lowest BCUT2D eigenvalue weighted by Crippen LogP contribution is -1.96. The number of halogens is 2. The van der Waals surface area contributed by atoms with E-state index in [9.17, 15) is 4.39 Å². The molecule has 3 heteroatoms. The Bertz CT molecular complexity index is 286. The Morgan fingerprint density at radius 3 is 2.75 bits per heavy atom. The molecule has 0 atom stereocenters. The fourth-order valence-electron chi connectivity index (χ4n) is 1.10. The third-order valence-corrected chi connectivity index (χ3v) is 1.90. The molecule has 1 nitrogen and oxygen atoms in total. The number of benzene rings is 1. The fraction of sp³-hybridized carbons (Fsp3) is 0.333. The smallest absolute Gasteiger partial charge is 0.145 e. The molecule has 0 aromatic heterocycles. The number of rotatable bonds is 2. The lowest BCUT2D eigenvalue weighted by Gasteiger charge is -2.04. The maximum atomic E-state index is 13.1. The summed E-state index contributed by atoms with van der Waals surface area (Å²) in [4.78, 5) is 0. The van der Waals surface area contributed by atoms with Gasteiger partial charge in [-0.2, -0.15) is 0 Å². The van der Waals surface area contributed by atoms with Crippen molar-refractivity contribution in [1.82, 2.24) is 0 Å². The standard InChI is InChI=1S/C9H10ClFO/c1-6-4-7(2-3-12)9(11)8(10)5-6/h4-5,12H,2-3H2,1H3. The first-order valence-electron chi connectivity index (χ1n) is 3.70. The third-order valence-electron chi connectivity index (χ3n) is 1.63. The van der Waals surface area contributed by atoms with Crippen LogP contribution in [-0.2, 0) is 6.42 Å². The predicted molar refractivity (Wildman–Crippen MR) is 46.9 cm³/mol. The van der Waals surface area contributed by atoms with Crippen LogP contribution < -0.4 is 0 Å². The molecule has 1 rings (SSSR count). The van der Waals surface area contributed by atoms with Gasteiger partial charge in [0.1, 0.15) is 5.82 Å². The molecular formula is C9H10ClFO. The zero-order valence-corrected chi connectivity index (χ0v) is 7.53. The molecule has 0 heterocycles. The summed E-state index contributed by atoms with van der Waals surface area (Å²) in [6, 6.07) is 3.26. The van der Waals surface area contributed by atoms with Crippen molar-refractivity contribution < 1.29 is 9.50 Å². The normalized spacial score (nSPS) is 10.3. The Labute approximate surface area is 75.8 Å².